The lowest BCUT2D eigenvalue weighted by Gasteiger charge is -2.30. The maximum Gasteiger partial charge on any atom is 0.221 e. The number of aromatic nitrogens is 15. The number of fused-ring (bicyclic) bond motifs is 6. The molecule has 3 saturated heterocycles. The molecular formula is C72H87N21O9S3. The number of nitrogens with one attached hydrogen (secondary N) is 6. The number of piperidine rings is 3. The molecule has 33 heteroatoms. The van der Waals surface area contributed by atoms with Crippen LogP contribution in [0.25, 0.3) is 65.8 Å². The molecule has 0 spiro atoms. The third-order valence-electron chi connectivity index (χ3n) is 19.7. The quantitative estimate of drug-likeness (QED) is 0.0389. The molecule has 552 valence electrons. The molecule has 0 amide bonds. The van der Waals surface area contributed by atoms with Crippen molar-refractivity contribution in [1.29, 1.82) is 0 Å². The molecule has 3 fully saturated rings. The van der Waals surface area contributed by atoms with Gasteiger partial charge in [0, 0.05) is 55.4 Å². The Labute approximate surface area is 609 Å². The van der Waals surface area contributed by atoms with E-state index in [2.05, 4.69) is 151 Å². The largest absolute Gasteiger partial charge is 0.477 e. The molecule has 3 aromatic carbocycles. The molecule has 0 saturated carbocycles. The van der Waals surface area contributed by atoms with Gasteiger partial charge in [-0.1, -0.05) is 54.6 Å². The fourth-order valence-electron chi connectivity index (χ4n) is 13.7. The Hall–Kier alpha value is -9.93. The van der Waals surface area contributed by atoms with Crippen molar-refractivity contribution in [2.45, 2.75) is 98.2 Å². The van der Waals surface area contributed by atoms with E-state index in [1.54, 1.807) is 31.9 Å². The van der Waals surface area contributed by atoms with Gasteiger partial charge in [0.05, 0.1) is 92.8 Å². The highest BCUT2D eigenvalue weighted by atomic mass is 32.2. The van der Waals surface area contributed by atoms with Gasteiger partial charge in [0.2, 0.25) is 47.7 Å². The Kier molecular flexibility index (Phi) is 22.0. The number of aryl methyl sites for hydroxylation is 3. The van der Waals surface area contributed by atoms with Gasteiger partial charge >= 0.3 is 0 Å². The Balaban J connectivity index is 0.000000140. The van der Waals surface area contributed by atoms with Crippen LogP contribution in [0.3, 0.4) is 0 Å². The fraction of sp³-hybridized carbons (Fsp3) is 0.417. The van der Waals surface area contributed by atoms with E-state index in [1.165, 1.54) is 37.7 Å². The SMILES string of the molecule is Cc1cccc2cc(C(C)Nc3ncnc4nc[nH]c34)nc(OCC3CCN(S(C)(=O)=O)CC3)c12.Cc1cccc2cc(C(C)Nc3ncnc4nc[nH]c34)nc(OCC3CCN(S(C)(=O)=O)CC3)c12.Cc1cccc2cc(C(C)Nc3ncnc4nc[nH]c34)nc(OCC3CCN(S(C)(=O)=O)CC3)c12. The van der Waals surface area contributed by atoms with E-state index in [9.17, 15) is 25.3 Å². The first-order valence-corrected chi connectivity index (χ1v) is 40.6. The summed E-state index contributed by atoms with van der Waals surface area (Å²) in [5.74, 6) is 4.62. The monoisotopic (exact) mass is 1490 g/mol. The van der Waals surface area contributed by atoms with Crippen molar-refractivity contribution in [3.8, 4) is 17.6 Å². The third-order valence-corrected chi connectivity index (χ3v) is 23.6. The first-order valence-electron chi connectivity index (χ1n) is 35.0. The normalized spacial score (nSPS) is 16.5. The zero-order valence-corrected chi connectivity index (χ0v) is 62.5. The van der Waals surface area contributed by atoms with Crippen LogP contribution in [0, 0.1) is 38.5 Å². The van der Waals surface area contributed by atoms with Crippen LogP contribution in [0.2, 0.25) is 0 Å². The van der Waals surface area contributed by atoms with Gasteiger partial charge in [-0.3, -0.25) is 0 Å². The highest BCUT2D eigenvalue weighted by molar-refractivity contribution is 7.88. The first-order chi connectivity index (χ1) is 50.4. The predicted octanol–water partition coefficient (Wildman–Crippen LogP) is 10.3. The van der Waals surface area contributed by atoms with Crippen LogP contribution in [-0.2, 0) is 30.1 Å². The van der Waals surface area contributed by atoms with Gasteiger partial charge in [-0.05, 0) is 149 Å². The van der Waals surface area contributed by atoms with E-state index in [0.29, 0.717) is 111 Å². The average Bonchev–Trinajstić information content (AvgIpc) is 1.54. The highest BCUT2D eigenvalue weighted by Crippen LogP contribution is 2.37. The summed E-state index contributed by atoms with van der Waals surface area (Å²) in [4.78, 5) is 62.1. The number of anilines is 3. The second kappa shape index (κ2) is 31.4. The molecule has 3 aliphatic rings. The van der Waals surface area contributed by atoms with Gasteiger partial charge in [-0.2, -0.15) is 0 Å². The Morgan fingerprint density at radius 2 is 0.676 bits per heavy atom. The van der Waals surface area contributed by atoms with Crippen LogP contribution < -0.4 is 30.2 Å². The minimum atomic E-state index is -3.14. The second-order valence-corrected chi connectivity index (χ2v) is 33.3. The van der Waals surface area contributed by atoms with E-state index >= 15 is 0 Å². The fourth-order valence-corrected chi connectivity index (χ4v) is 16.3. The molecular weight excluding hydrogens is 1400 g/mol. The van der Waals surface area contributed by atoms with Gasteiger partial charge in [0.1, 0.15) is 35.5 Å². The molecule has 9 aromatic heterocycles. The summed E-state index contributed by atoms with van der Waals surface area (Å²) >= 11 is 0. The minimum absolute atomic E-state index is 0.151. The third kappa shape index (κ3) is 17.2. The van der Waals surface area contributed by atoms with Crippen LogP contribution in [0.1, 0.15) is 111 Å². The molecule has 15 rings (SSSR count). The molecule has 12 heterocycles. The van der Waals surface area contributed by atoms with Gasteiger partial charge in [-0.25, -0.2) is 98.0 Å². The minimum Gasteiger partial charge on any atom is -0.477 e. The van der Waals surface area contributed by atoms with Crippen LogP contribution in [-0.4, -0.2) is 191 Å². The van der Waals surface area contributed by atoms with Crippen LogP contribution >= 0.6 is 0 Å². The standard InChI is InChI=1S/3C24H29N7O3S/c3*1-15-5-4-6-18-11-19(16(2)29-23-21-22(26-13-25-21)27-14-28-23)30-24(20(15)18)34-12-17-7-9-31(10-8-17)35(3,32)33/h3*4-6,11,13-14,16-17H,7-10,12H2,1-3H3,(H2,25,26,27,28,29). The number of sulfonamides is 3. The predicted molar refractivity (Wildman–Crippen MR) is 405 cm³/mol. The number of aromatic amines is 3. The smallest absolute Gasteiger partial charge is 0.221 e. The molecule has 3 atom stereocenters. The number of nitrogens with zero attached hydrogens (tertiary/aromatic N) is 15. The molecule has 30 nitrogen and oxygen atoms in total. The highest BCUT2D eigenvalue weighted by Gasteiger charge is 2.30. The lowest BCUT2D eigenvalue weighted by molar-refractivity contribution is 0.182. The van der Waals surface area contributed by atoms with E-state index in [0.717, 1.165) is 121 Å². The van der Waals surface area contributed by atoms with Crippen LogP contribution in [0.15, 0.2) is 111 Å². The number of benzene rings is 3. The molecule has 3 unspecified atom stereocenters. The van der Waals surface area contributed by atoms with Crippen molar-refractivity contribution in [3.63, 3.8) is 0 Å². The summed E-state index contributed by atoms with van der Waals surface area (Å²) in [5.41, 5.74) is 9.81. The van der Waals surface area contributed by atoms with E-state index in [1.807, 2.05) is 39.0 Å². The number of hydrogen-bond acceptors (Lipinski definition) is 24. The summed E-state index contributed by atoms with van der Waals surface area (Å²) in [6, 6.07) is 24.2. The second-order valence-electron chi connectivity index (χ2n) is 27.4. The number of hydrogen-bond donors (Lipinski definition) is 6. The van der Waals surface area contributed by atoms with Crippen molar-refractivity contribution in [1.82, 2.24) is 87.7 Å². The maximum atomic E-state index is 11.8. The van der Waals surface area contributed by atoms with Crippen LogP contribution in [0.4, 0.5) is 17.5 Å². The lowest BCUT2D eigenvalue weighted by Crippen LogP contribution is -2.39. The van der Waals surface area contributed by atoms with Crippen molar-refractivity contribution in [2.75, 3.05) is 93.8 Å². The summed E-state index contributed by atoms with van der Waals surface area (Å²) in [7, 11) is -9.43. The molecule has 6 N–H and O–H groups in total. The Morgan fingerprint density at radius 3 is 0.933 bits per heavy atom. The van der Waals surface area contributed by atoms with Gasteiger partial charge in [-0.15, -0.1) is 0 Å². The number of imidazole rings is 3. The number of rotatable bonds is 21. The van der Waals surface area contributed by atoms with Gasteiger partial charge in [0.15, 0.2) is 34.4 Å². The summed E-state index contributed by atoms with van der Waals surface area (Å²) in [5, 5.41) is 16.4. The van der Waals surface area contributed by atoms with Crippen molar-refractivity contribution >= 4 is 113 Å². The van der Waals surface area contributed by atoms with E-state index in [-0.39, 0.29) is 35.9 Å². The Bertz CT molecular complexity index is 4920. The van der Waals surface area contributed by atoms with Crippen LogP contribution in [0.5, 0.6) is 17.6 Å². The zero-order chi connectivity index (χ0) is 73.7. The van der Waals surface area contributed by atoms with Crippen molar-refractivity contribution < 1.29 is 39.5 Å². The number of pyridine rings is 3. The summed E-state index contributed by atoms with van der Waals surface area (Å²) < 4.78 is 94.4. The summed E-state index contributed by atoms with van der Waals surface area (Å²) in [6.07, 6.45) is 17.7. The van der Waals surface area contributed by atoms with Crippen molar-refractivity contribution in [2.24, 2.45) is 17.8 Å². The topological polar surface area (TPSA) is 378 Å². The maximum absolute atomic E-state index is 11.8. The molecule has 105 heavy (non-hydrogen) atoms. The van der Waals surface area contributed by atoms with Gasteiger partial charge < -0.3 is 45.1 Å². The van der Waals surface area contributed by atoms with Gasteiger partial charge in [0.25, 0.3) is 0 Å². The molecule has 12 aromatic rings. The molecule has 0 aliphatic carbocycles. The first kappa shape index (κ1) is 73.4. The number of ether oxygens (including phenoxy) is 3. The molecule has 0 bridgehead atoms. The molecule has 0 radical (unpaired) electrons. The van der Waals surface area contributed by atoms with E-state index in [4.69, 9.17) is 29.2 Å². The number of H-pyrrole nitrogens is 3. The Morgan fingerprint density at radius 1 is 0.410 bits per heavy atom. The average molecular weight is 1490 g/mol. The molecule has 3 aliphatic heterocycles. The van der Waals surface area contributed by atoms with Crippen molar-refractivity contribution in [3.05, 3.63) is 145 Å². The van der Waals surface area contributed by atoms with E-state index < -0.39 is 30.1 Å². The lowest BCUT2D eigenvalue weighted by atomic mass is 9.99. The zero-order valence-electron chi connectivity index (χ0n) is 60.1. The summed E-state index contributed by atoms with van der Waals surface area (Å²) in [6.45, 7) is 16.9.